The third-order valence-corrected chi connectivity index (χ3v) is 7.21. The molecule has 0 aliphatic rings. The first-order valence-corrected chi connectivity index (χ1v) is 9.79. The molecule has 0 spiro atoms. The van der Waals surface area contributed by atoms with E-state index in [1.807, 2.05) is 31.4 Å². The van der Waals surface area contributed by atoms with Crippen LogP contribution in [0.4, 0.5) is 0 Å². The Hall–Kier alpha value is -1.48. The van der Waals surface area contributed by atoms with Gasteiger partial charge in [-0.25, -0.2) is 13.1 Å². The Morgan fingerprint density at radius 1 is 1.27 bits per heavy atom. The summed E-state index contributed by atoms with van der Waals surface area (Å²) >= 11 is 2.76. The second kappa shape index (κ2) is 5.96. The van der Waals surface area contributed by atoms with Gasteiger partial charge < -0.3 is 0 Å². The van der Waals surface area contributed by atoms with Crippen molar-refractivity contribution in [2.75, 3.05) is 0 Å². The average molecular weight is 353 g/mol. The number of nitrogens with zero attached hydrogens (tertiary/aromatic N) is 1. The van der Waals surface area contributed by atoms with Crippen LogP contribution in [-0.2, 0) is 16.6 Å². The summed E-state index contributed by atoms with van der Waals surface area (Å²) in [4.78, 5) is 1.83. The molecule has 0 saturated carbocycles. The first kappa shape index (κ1) is 15.4. The molecule has 3 heterocycles. The van der Waals surface area contributed by atoms with E-state index >= 15 is 0 Å². The summed E-state index contributed by atoms with van der Waals surface area (Å²) in [5, 5.41) is 9.09. The highest BCUT2D eigenvalue weighted by Gasteiger charge is 2.19. The van der Waals surface area contributed by atoms with E-state index in [0.29, 0.717) is 10.8 Å². The standard InChI is InChI=1S/C14H15N3O2S3/c1-9-10(2)16-17-14(9)12-5-6-13(21-12)22(18,19)15-8-11-4-3-7-20-11/h3-7,15H,8H2,1-2H3,(H,16,17). The summed E-state index contributed by atoms with van der Waals surface area (Å²) in [5.41, 5.74) is 2.84. The Labute approximate surface area is 137 Å². The highest BCUT2D eigenvalue weighted by atomic mass is 32.2. The van der Waals surface area contributed by atoms with Crippen LogP contribution in [0.1, 0.15) is 16.1 Å². The van der Waals surface area contributed by atoms with Gasteiger partial charge in [0, 0.05) is 17.1 Å². The summed E-state index contributed by atoms with van der Waals surface area (Å²) in [7, 11) is -3.49. The molecule has 0 fully saturated rings. The molecule has 3 rings (SSSR count). The summed E-state index contributed by atoms with van der Waals surface area (Å²) < 4.78 is 27.6. The van der Waals surface area contributed by atoms with E-state index in [1.165, 1.54) is 22.7 Å². The molecule has 0 amide bonds. The molecule has 0 radical (unpaired) electrons. The first-order valence-electron chi connectivity index (χ1n) is 6.61. The fourth-order valence-corrected chi connectivity index (χ4v) is 5.11. The monoisotopic (exact) mass is 353 g/mol. The van der Waals surface area contributed by atoms with E-state index < -0.39 is 10.0 Å². The van der Waals surface area contributed by atoms with Crippen molar-refractivity contribution in [3.63, 3.8) is 0 Å². The van der Waals surface area contributed by atoms with Crippen LogP contribution >= 0.6 is 22.7 Å². The van der Waals surface area contributed by atoms with Gasteiger partial charge in [-0.2, -0.15) is 5.10 Å². The largest absolute Gasteiger partial charge is 0.282 e. The zero-order valence-electron chi connectivity index (χ0n) is 12.1. The molecule has 0 atom stereocenters. The van der Waals surface area contributed by atoms with Crippen LogP contribution in [0.25, 0.3) is 10.6 Å². The lowest BCUT2D eigenvalue weighted by molar-refractivity contribution is 0.584. The number of sulfonamides is 1. The van der Waals surface area contributed by atoms with Crippen molar-refractivity contribution in [1.29, 1.82) is 0 Å². The molecule has 0 aliphatic heterocycles. The zero-order valence-corrected chi connectivity index (χ0v) is 14.5. The van der Waals surface area contributed by atoms with Gasteiger partial charge in [-0.1, -0.05) is 6.07 Å². The van der Waals surface area contributed by atoms with Crippen LogP contribution in [0, 0.1) is 13.8 Å². The third-order valence-electron chi connectivity index (χ3n) is 3.35. The molecule has 0 aliphatic carbocycles. The van der Waals surface area contributed by atoms with Crippen molar-refractivity contribution >= 4 is 32.7 Å². The van der Waals surface area contributed by atoms with Crippen molar-refractivity contribution in [1.82, 2.24) is 14.9 Å². The highest BCUT2D eigenvalue weighted by molar-refractivity contribution is 7.91. The zero-order chi connectivity index (χ0) is 15.7. The lowest BCUT2D eigenvalue weighted by Crippen LogP contribution is -2.21. The molecule has 0 aromatic carbocycles. The fourth-order valence-electron chi connectivity index (χ4n) is 1.97. The Balaban J connectivity index is 1.82. The van der Waals surface area contributed by atoms with Gasteiger partial charge in [-0.15, -0.1) is 22.7 Å². The molecule has 0 bridgehead atoms. The highest BCUT2D eigenvalue weighted by Crippen LogP contribution is 2.32. The van der Waals surface area contributed by atoms with Crippen LogP contribution in [0.2, 0.25) is 0 Å². The van der Waals surface area contributed by atoms with Gasteiger partial charge in [-0.3, -0.25) is 5.10 Å². The maximum Gasteiger partial charge on any atom is 0.250 e. The number of H-pyrrole nitrogens is 1. The van der Waals surface area contributed by atoms with Crippen molar-refractivity contribution in [2.45, 2.75) is 24.6 Å². The number of thiophene rings is 2. The summed E-state index contributed by atoms with van der Waals surface area (Å²) in [6.07, 6.45) is 0. The van der Waals surface area contributed by atoms with Crippen LogP contribution in [0.5, 0.6) is 0 Å². The lowest BCUT2D eigenvalue weighted by atomic mass is 10.2. The number of aromatic amines is 1. The molecule has 8 heteroatoms. The number of nitrogens with one attached hydrogen (secondary N) is 2. The van der Waals surface area contributed by atoms with Crippen molar-refractivity contribution in [2.24, 2.45) is 0 Å². The Bertz CT molecular complexity index is 876. The Morgan fingerprint density at radius 3 is 2.73 bits per heavy atom. The van der Waals surface area contributed by atoms with Gasteiger partial charge in [0.2, 0.25) is 10.0 Å². The van der Waals surface area contributed by atoms with Crippen molar-refractivity contribution in [3.05, 3.63) is 45.8 Å². The molecule has 0 saturated heterocycles. The Kier molecular flexibility index (Phi) is 4.18. The predicted octanol–water partition coefficient (Wildman–Crippen LogP) is 3.30. The van der Waals surface area contributed by atoms with Crippen LogP contribution in [-0.4, -0.2) is 18.6 Å². The van der Waals surface area contributed by atoms with Gasteiger partial charge in [-0.05, 0) is 43.0 Å². The molecular formula is C14H15N3O2S3. The molecule has 0 unspecified atom stereocenters. The molecule has 3 aromatic rings. The normalized spacial score (nSPS) is 11.9. The number of rotatable bonds is 5. The quantitative estimate of drug-likeness (QED) is 0.739. The minimum Gasteiger partial charge on any atom is -0.282 e. The predicted molar refractivity (Wildman–Crippen MR) is 89.7 cm³/mol. The maximum atomic E-state index is 12.3. The van der Waals surface area contributed by atoms with Gasteiger partial charge in [0.25, 0.3) is 0 Å². The summed E-state index contributed by atoms with van der Waals surface area (Å²) in [5.74, 6) is 0. The van der Waals surface area contributed by atoms with E-state index in [-0.39, 0.29) is 0 Å². The van der Waals surface area contributed by atoms with Gasteiger partial charge in [0.15, 0.2) is 0 Å². The first-order chi connectivity index (χ1) is 10.5. The van der Waals surface area contributed by atoms with Gasteiger partial charge in [0.1, 0.15) is 9.90 Å². The number of hydrogen-bond donors (Lipinski definition) is 2. The van der Waals surface area contributed by atoms with E-state index in [1.54, 1.807) is 12.1 Å². The second-order valence-electron chi connectivity index (χ2n) is 4.84. The molecular weight excluding hydrogens is 338 g/mol. The van der Waals surface area contributed by atoms with E-state index in [9.17, 15) is 8.42 Å². The smallest absolute Gasteiger partial charge is 0.250 e. The fraction of sp³-hybridized carbons (Fsp3) is 0.214. The summed E-state index contributed by atoms with van der Waals surface area (Å²) in [6, 6.07) is 7.23. The molecule has 116 valence electrons. The number of aromatic nitrogens is 2. The van der Waals surface area contributed by atoms with Crippen molar-refractivity contribution < 1.29 is 8.42 Å². The lowest BCUT2D eigenvalue weighted by Gasteiger charge is -2.02. The molecule has 3 aromatic heterocycles. The minimum absolute atomic E-state index is 0.305. The van der Waals surface area contributed by atoms with Crippen LogP contribution in [0.15, 0.2) is 33.9 Å². The van der Waals surface area contributed by atoms with E-state index in [4.69, 9.17) is 0 Å². The minimum atomic E-state index is -3.49. The average Bonchev–Trinajstić information content (AvgIpc) is 3.20. The van der Waals surface area contributed by atoms with Crippen LogP contribution < -0.4 is 4.72 Å². The second-order valence-corrected chi connectivity index (χ2v) is 8.95. The van der Waals surface area contributed by atoms with Gasteiger partial charge in [0.05, 0.1) is 4.88 Å². The van der Waals surface area contributed by atoms with Crippen molar-refractivity contribution in [3.8, 4) is 10.6 Å². The number of aryl methyl sites for hydroxylation is 1. The summed E-state index contributed by atoms with van der Waals surface area (Å²) in [6.45, 7) is 4.23. The van der Waals surface area contributed by atoms with Crippen LogP contribution in [0.3, 0.4) is 0 Å². The molecule has 5 nitrogen and oxygen atoms in total. The van der Waals surface area contributed by atoms with E-state index in [2.05, 4.69) is 14.9 Å². The molecule has 22 heavy (non-hydrogen) atoms. The Morgan fingerprint density at radius 2 is 2.09 bits per heavy atom. The maximum absolute atomic E-state index is 12.3. The topological polar surface area (TPSA) is 74.8 Å². The third kappa shape index (κ3) is 3.00. The van der Waals surface area contributed by atoms with Gasteiger partial charge >= 0.3 is 0 Å². The molecule has 2 N–H and O–H groups in total. The SMILES string of the molecule is Cc1[nH]nc(-c2ccc(S(=O)(=O)NCc3cccs3)s2)c1C. The van der Waals surface area contributed by atoms with E-state index in [0.717, 1.165) is 26.7 Å². The number of hydrogen-bond acceptors (Lipinski definition) is 5.